The Morgan fingerprint density at radius 1 is 1.64 bits per heavy atom. The second kappa shape index (κ2) is 6.82. The van der Waals surface area contributed by atoms with Gasteiger partial charge < -0.3 is 10.8 Å². The molecule has 3 N–H and O–H groups in total. The highest BCUT2D eigenvalue weighted by atomic mass is 35.5. The van der Waals surface area contributed by atoms with Gasteiger partial charge in [-0.15, -0.1) is 36.2 Å². The van der Waals surface area contributed by atoms with Crippen LogP contribution in [0.15, 0.2) is 11.7 Å². The smallest absolute Gasteiger partial charge is 0.102 e. The van der Waals surface area contributed by atoms with E-state index in [2.05, 4.69) is 4.98 Å². The first-order valence-electron chi connectivity index (χ1n) is 2.61. The number of aromatic nitrogens is 1. The summed E-state index contributed by atoms with van der Waals surface area (Å²) >= 11 is 1.41. The third-order valence-electron chi connectivity index (χ3n) is 1.00. The van der Waals surface area contributed by atoms with Gasteiger partial charge in [0.25, 0.3) is 0 Å². The van der Waals surface area contributed by atoms with E-state index < -0.39 is 6.10 Å². The van der Waals surface area contributed by atoms with Gasteiger partial charge in [-0.1, -0.05) is 0 Å². The minimum atomic E-state index is -0.530. The van der Waals surface area contributed by atoms with Gasteiger partial charge in [-0.2, -0.15) is 0 Å². The fourth-order valence-corrected chi connectivity index (χ4v) is 1.12. The fraction of sp³-hybridized carbons (Fsp3) is 0.400. The Morgan fingerprint density at radius 2 is 2.27 bits per heavy atom. The van der Waals surface area contributed by atoms with Crippen LogP contribution in [0.4, 0.5) is 0 Å². The maximum atomic E-state index is 9.06. The van der Waals surface area contributed by atoms with E-state index in [-0.39, 0.29) is 31.4 Å². The highest BCUT2D eigenvalue weighted by molar-refractivity contribution is 7.09. The van der Waals surface area contributed by atoms with Crippen molar-refractivity contribution in [3.05, 3.63) is 16.6 Å². The second-order valence-electron chi connectivity index (χ2n) is 1.66. The number of halogens is 2. The van der Waals surface area contributed by atoms with Crippen molar-refractivity contribution in [2.75, 3.05) is 6.54 Å². The Kier molecular flexibility index (Phi) is 8.49. The van der Waals surface area contributed by atoms with Gasteiger partial charge in [-0.05, 0) is 0 Å². The molecule has 1 aromatic heterocycles. The van der Waals surface area contributed by atoms with Gasteiger partial charge in [0.15, 0.2) is 0 Å². The van der Waals surface area contributed by atoms with Gasteiger partial charge in [0.2, 0.25) is 0 Å². The van der Waals surface area contributed by atoms with Crippen LogP contribution in [-0.2, 0) is 0 Å². The van der Waals surface area contributed by atoms with Gasteiger partial charge in [0, 0.05) is 12.7 Å². The Morgan fingerprint density at radius 3 is 2.64 bits per heavy atom. The number of thiazole rings is 1. The highest BCUT2D eigenvalue weighted by Crippen LogP contribution is 2.14. The summed E-state index contributed by atoms with van der Waals surface area (Å²) < 4.78 is 0. The first-order chi connectivity index (χ1) is 4.34. The molecule has 3 nitrogen and oxygen atoms in total. The third-order valence-corrected chi connectivity index (χ3v) is 1.88. The van der Waals surface area contributed by atoms with Crippen molar-refractivity contribution in [2.24, 2.45) is 5.73 Å². The molecule has 1 atom stereocenters. The van der Waals surface area contributed by atoms with E-state index in [9.17, 15) is 0 Å². The van der Waals surface area contributed by atoms with Crippen molar-refractivity contribution >= 4 is 36.2 Å². The lowest BCUT2D eigenvalue weighted by Gasteiger charge is -2.00. The zero-order valence-electron chi connectivity index (χ0n) is 5.64. The van der Waals surface area contributed by atoms with Crippen molar-refractivity contribution in [3.63, 3.8) is 0 Å². The molecule has 0 bridgehead atoms. The Labute approximate surface area is 81.5 Å². The standard InChI is InChI=1S/C5H8N2OS.2ClH/c6-1-4(8)5-2-7-3-9-5;;/h2-4,8H,1,6H2;2*1H. The van der Waals surface area contributed by atoms with Crippen molar-refractivity contribution in [1.82, 2.24) is 4.98 Å². The second-order valence-corrected chi connectivity index (χ2v) is 2.57. The largest absolute Gasteiger partial charge is 0.386 e. The van der Waals surface area contributed by atoms with Crippen LogP contribution < -0.4 is 5.73 Å². The number of nitrogens with zero attached hydrogens (tertiary/aromatic N) is 1. The SMILES string of the molecule is Cl.Cl.NCC(O)c1cncs1. The minimum Gasteiger partial charge on any atom is -0.386 e. The zero-order chi connectivity index (χ0) is 6.69. The van der Waals surface area contributed by atoms with E-state index >= 15 is 0 Å². The molecule has 0 fully saturated rings. The Bertz CT molecular complexity index is 171. The topological polar surface area (TPSA) is 59.1 Å². The first kappa shape index (κ1) is 13.7. The van der Waals surface area contributed by atoms with Crippen LogP contribution >= 0.6 is 36.2 Å². The Balaban J connectivity index is 0. The molecule has 11 heavy (non-hydrogen) atoms. The summed E-state index contributed by atoms with van der Waals surface area (Å²) in [4.78, 5) is 4.63. The summed E-state index contributed by atoms with van der Waals surface area (Å²) in [5.41, 5.74) is 6.87. The monoisotopic (exact) mass is 216 g/mol. The van der Waals surface area contributed by atoms with Crippen molar-refractivity contribution in [1.29, 1.82) is 0 Å². The average molecular weight is 217 g/mol. The third kappa shape index (κ3) is 3.88. The molecule has 1 aromatic rings. The van der Waals surface area contributed by atoms with Crippen LogP contribution in [0.1, 0.15) is 11.0 Å². The molecule has 0 spiro atoms. The van der Waals surface area contributed by atoms with Crippen molar-refractivity contribution < 1.29 is 5.11 Å². The summed E-state index contributed by atoms with van der Waals surface area (Å²) in [5.74, 6) is 0. The molecule has 0 aliphatic rings. The van der Waals surface area contributed by atoms with Crippen molar-refractivity contribution in [3.8, 4) is 0 Å². The summed E-state index contributed by atoms with van der Waals surface area (Å²) in [7, 11) is 0. The molecule has 1 unspecified atom stereocenters. The lowest BCUT2D eigenvalue weighted by Crippen LogP contribution is -2.09. The number of rotatable bonds is 2. The Hall–Kier alpha value is 0.130. The van der Waals surface area contributed by atoms with Crippen LogP contribution in [0.25, 0.3) is 0 Å². The summed E-state index contributed by atoms with van der Waals surface area (Å²) in [6.45, 7) is 0.266. The molecular formula is C5H10Cl2N2OS. The highest BCUT2D eigenvalue weighted by Gasteiger charge is 2.04. The maximum absolute atomic E-state index is 9.06. The molecule has 0 saturated carbocycles. The average Bonchev–Trinajstić information content (AvgIpc) is 2.37. The molecule has 0 aromatic carbocycles. The number of aliphatic hydroxyl groups is 1. The first-order valence-corrected chi connectivity index (χ1v) is 3.49. The molecule has 0 aliphatic carbocycles. The van der Waals surface area contributed by atoms with E-state index in [1.54, 1.807) is 11.7 Å². The lowest BCUT2D eigenvalue weighted by molar-refractivity contribution is 0.190. The van der Waals surface area contributed by atoms with E-state index in [0.29, 0.717) is 0 Å². The minimum absolute atomic E-state index is 0. The predicted molar refractivity (Wildman–Crippen MR) is 50.6 cm³/mol. The van der Waals surface area contributed by atoms with Gasteiger partial charge in [0.05, 0.1) is 10.4 Å². The molecule has 1 heterocycles. The molecule has 0 amide bonds. The van der Waals surface area contributed by atoms with Crippen LogP contribution in [0, 0.1) is 0 Å². The predicted octanol–water partition coefficient (Wildman–Crippen LogP) is 0.979. The van der Waals surface area contributed by atoms with Gasteiger partial charge in [-0.25, -0.2) is 0 Å². The lowest BCUT2D eigenvalue weighted by atomic mass is 10.3. The zero-order valence-corrected chi connectivity index (χ0v) is 8.09. The van der Waals surface area contributed by atoms with E-state index in [4.69, 9.17) is 10.8 Å². The molecule has 0 radical (unpaired) electrons. The van der Waals surface area contributed by atoms with Crippen LogP contribution in [-0.4, -0.2) is 16.6 Å². The molecule has 0 saturated heterocycles. The molecule has 66 valence electrons. The van der Waals surface area contributed by atoms with Crippen LogP contribution in [0.5, 0.6) is 0 Å². The molecule has 0 aliphatic heterocycles. The maximum Gasteiger partial charge on any atom is 0.102 e. The quantitative estimate of drug-likeness (QED) is 0.776. The van der Waals surface area contributed by atoms with Crippen molar-refractivity contribution in [2.45, 2.75) is 6.10 Å². The van der Waals surface area contributed by atoms with E-state index in [0.717, 1.165) is 4.88 Å². The summed E-state index contributed by atoms with van der Waals surface area (Å²) in [6.07, 6.45) is 1.10. The van der Waals surface area contributed by atoms with Gasteiger partial charge in [-0.3, -0.25) is 4.98 Å². The number of aliphatic hydroxyl groups excluding tert-OH is 1. The van der Waals surface area contributed by atoms with Crippen LogP contribution in [0.2, 0.25) is 0 Å². The van der Waals surface area contributed by atoms with E-state index in [1.807, 2.05) is 0 Å². The molecule has 1 rings (SSSR count). The van der Waals surface area contributed by atoms with E-state index in [1.165, 1.54) is 11.3 Å². The molecular weight excluding hydrogens is 207 g/mol. The van der Waals surface area contributed by atoms with Gasteiger partial charge >= 0.3 is 0 Å². The number of hydrogen-bond donors (Lipinski definition) is 2. The number of nitrogens with two attached hydrogens (primary N) is 1. The number of hydrogen-bond acceptors (Lipinski definition) is 4. The fourth-order valence-electron chi connectivity index (χ4n) is 0.506. The molecule has 6 heteroatoms. The van der Waals surface area contributed by atoms with Crippen LogP contribution in [0.3, 0.4) is 0 Å². The summed E-state index contributed by atoms with van der Waals surface area (Å²) in [6, 6.07) is 0. The normalized spacial score (nSPS) is 11.1. The summed E-state index contributed by atoms with van der Waals surface area (Å²) in [5, 5.41) is 9.06. The van der Waals surface area contributed by atoms with Gasteiger partial charge in [0.1, 0.15) is 6.10 Å².